The van der Waals surface area contributed by atoms with Crippen LogP contribution in [0.4, 0.5) is 13.2 Å². The maximum atomic E-state index is 13.6. The molecule has 1 aliphatic carbocycles. The Kier molecular flexibility index (Phi) is 7.91. The van der Waals surface area contributed by atoms with Gasteiger partial charge in [0, 0.05) is 19.0 Å². The van der Waals surface area contributed by atoms with Crippen LogP contribution in [0.25, 0.3) is 0 Å². The first-order valence-corrected chi connectivity index (χ1v) is 12.3. The summed E-state index contributed by atoms with van der Waals surface area (Å²) in [6.45, 7) is 7.17. The number of rotatable bonds is 6. The predicted octanol–water partition coefficient (Wildman–Crippen LogP) is 1.49. The Balaban J connectivity index is 1.81. The molecule has 3 fully saturated rings. The summed E-state index contributed by atoms with van der Waals surface area (Å²) in [5.74, 6) is -4.34. The van der Waals surface area contributed by atoms with E-state index in [0.717, 1.165) is 12.8 Å². The highest BCUT2D eigenvalue weighted by atomic mass is 19.4. The van der Waals surface area contributed by atoms with Gasteiger partial charge in [-0.1, -0.05) is 34.1 Å². The van der Waals surface area contributed by atoms with Crippen LogP contribution in [0.2, 0.25) is 0 Å². The fourth-order valence-electron chi connectivity index (χ4n) is 5.68. The molecule has 3 aliphatic rings. The molecule has 3 N–H and O–H groups in total. The number of hydrogen-bond donors (Lipinski definition) is 3. The summed E-state index contributed by atoms with van der Waals surface area (Å²) in [6.07, 6.45) is -2.74. The van der Waals surface area contributed by atoms with E-state index in [2.05, 4.69) is 10.6 Å². The van der Waals surface area contributed by atoms with Crippen molar-refractivity contribution < 1.29 is 32.3 Å². The van der Waals surface area contributed by atoms with Crippen molar-refractivity contribution >= 4 is 23.6 Å². The highest BCUT2D eigenvalue weighted by molar-refractivity contribution is 5.94. The molecule has 7 atom stereocenters. The average molecular weight is 514 g/mol. The summed E-state index contributed by atoms with van der Waals surface area (Å²) in [5, 5.41) is 16.9. The van der Waals surface area contributed by atoms with Crippen LogP contribution in [0.5, 0.6) is 0 Å². The van der Waals surface area contributed by atoms with Crippen LogP contribution in [0.1, 0.15) is 53.4 Å². The van der Waals surface area contributed by atoms with Gasteiger partial charge < -0.3 is 20.9 Å². The van der Waals surface area contributed by atoms with Gasteiger partial charge in [-0.15, -0.1) is 0 Å². The van der Waals surface area contributed by atoms with E-state index in [1.54, 1.807) is 0 Å². The molecule has 2 aliphatic heterocycles. The molecule has 4 amide bonds. The minimum atomic E-state index is -5.16. The molecule has 9 nitrogen and oxygen atoms in total. The normalized spacial score (nSPS) is 29.7. The minimum absolute atomic E-state index is 0.00110. The lowest BCUT2D eigenvalue weighted by Crippen LogP contribution is -2.60. The van der Waals surface area contributed by atoms with E-state index in [1.165, 1.54) is 25.7 Å². The zero-order chi connectivity index (χ0) is 27.0. The number of nitrogens with zero attached hydrogens (tertiary/aromatic N) is 2. The van der Waals surface area contributed by atoms with Crippen molar-refractivity contribution in [1.29, 1.82) is 5.26 Å². The van der Waals surface area contributed by atoms with Crippen LogP contribution < -0.4 is 16.0 Å². The van der Waals surface area contributed by atoms with Crippen molar-refractivity contribution in [3.8, 4) is 6.07 Å². The molecule has 1 saturated carbocycles. The molecule has 0 unspecified atom stereocenters. The Bertz CT molecular complexity index is 942. The fraction of sp³-hybridized carbons (Fsp3) is 0.792. The van der Waals surface area contributed by atoms with Gasteiger partial charge in [-0.25, -0.2) is 0 Å². The zero-order valence-electron chi connectivity index (χ0n) is 20.9. The van der Waals surface area contributed by atoms with Gasteiger partial charge in [0.25, 0.3) is 0 Å². The summed E-state index contributed by atoms with van der Waals surface area (Å²) in [6, 6.07) is -1.42. The molecule has 2 saturated heterocycles. The molecule has 0 aromatic heterocycles. The van der Waals surface area contributed by atoms with Crippen LogP contribution >= 0.6 is 0 Å². The van der Waals surface area contributed by atoms with Gasteiger partial charge in [0.15, 0.2) is 0 Å². The summed E-state index contributed by atoms with van der Waals surface area (Å²) >= 11 is 0. The number of carbonyl (C=O) groups is 4. The van der Waals surface area contributed by atoms with E-state index >= 15 is 0 Å². The standard InChI is InChI=1S/C24H34F3N5O4/c1-12-10-29-19(33)16(12)8-14(9-28)30-20(34)17-15-7-5-6-13(15)11-32(17)21(35)18(23(2,3)4)31-22(36)24(25,26)27/h12-18H,5-8,10-11H2,1-4H3,(H,29,33)(H,30,34)(H,31,36)/t12-,13-,14-,15-,16+,17-,18+/m0/s1. The first-order chi connectivity index (χ1) is 16.6. The zero-order valence-corrected chi connectivity index (χ0v) is 20.9. The molecule has 12 heteroatoms. The number of halogens is 3. The minimum Gasteiger partial charge on any atom is -0.356 e. The second-order valence-electron chi connectivity index (χ2n) is 11.3. The van der Waals surface area contributed by atoms with Crippen molar-refractivity contribution in [3.63, 3.8) is 0 Å². The number of likely N-dealkylation sites (tertiary alicyclic amines) is 1. The summed E-state index contributed by atoms with van der Waals surface area (Å²) in [7, 11) is 0. The van der Waals surface area contributed by atoms with Crippen molar-refractivity contribution in [1.82, 2.24) is 20.9 Å². The molecule has 0 radical (unpaired) electrons. The first-order valence-electron chi connectivity index (χ1n) is 12.3. The lowest BCUT2D eigenvalue weighted by Gasteiger charge is -2.36. The van der Waals surface area contributed by atoms with Gasteiger partial charge >= 0.3 is 12.1 Å². The third-order valence-electron chi connectivity index (χ3n) is 7.67. The molecule has 0 bridgehead atoms. The SMILES string of the molecule is C[C@H]1CNC(=O)[C@@H]1C[C@@H](C#N)NC(=O)[C@@H]1[C@H]2CCC[C@H]2CN1C(=O)[C@@H](NC(=O)C(F)(F)F)C(C)(C)C. The Morgan fingerprint density at radius 3 is 2.39 bits per heavy atom. The van der Waals surface area contributed by atoms with Gasteiger partial charge in [0.1, 0.15) is 18.1 Å². The largest absolute Gasteiger partial charge is 0.471 e. The average Bonchev–Trinajstić information content (AvgIpc) is 3.45. The Labute approximate surface area is 208 Å². The molecule has 0 aromatic carbocycles. The molecule has 0 spiro atoms. The molecule has 0 aromatic rings. The van der Waals surface area contributed by atoms with Gasteiger partial charge in [0.05, 0.1) is 6.07 Å². The van der Waals surface area contributed by atoms with E-state index in [9.17, 15) is 37.6 Å². The number of carbonyl (C=O) groups excluding carboxylic acids is 4. The predicted molar refractivity (Wildman–Crippen MR) is 122 cm³/mol. The number of alkyl halides is 3. The lowest BCUT2D eigenvalue weighted by molar-refractivity contribution is -0.176. The Hall–Kier alpha value is -2.84. The van der Waals surface area contributed by atoms with Crippen LogP contribution in [0.15, 0.2) is 0 Å². The molecule has 36 heavy (non-hydrogen) atoms. The van der Waals surface area contributed by atoms with E-state index in [-0.39, 0.29) is 36.6 Å². The summed E-state index contributed by atoms with van der Waals surface area (Å²) < 4.78 is 38.9. The van der Waals surface area contributed by atoms with Crippen molar-refractivity contribution in [2.24, 2.45) is 29.1 Å². The number of nitrogens with one attached hydrogen (secondary N) is 3. The van der Waals surface area contributed by atoms with E-state index in [0.29, 0.717) is 13.0 Å². The second kappa shape index (κ2) is 10.3. The van der Waals surface area contributed by atoms with Crippen LogP contribution in [0, 0.1) is 40.4 Å². The quantitative estimate of drug-likeness (QED) is 0.495. The maximum Gasteiger partial charge on any atom is 0.471 e. The number of hydrogen-bond acceptors (Lipinski definition) is 5. The van der Waals surface area contributed by atoms with E-state index in [4.69, 9.17) is 0 Å². The van der Waals surface area contributed by atoms with Crippen LogP contribution in [-0.2, 0) is 19.2 Å². The van der Waals surface area contributed by atoms with Gasteiger partial charge in [-0.05, 0) is 42.4 Å². The van der Waals surface area contributed by atoms with Gasteiger partial charge in [0.2, 0.25) is 17.7 Å². The fourth-order valence-corrected chi connectivity index (χ4v) is 5.68. The van der Waals surface area contributed by atoms with Gasteiger partial charge in [-0.3, -0.25) is 19.2 Å². The number of nitriles is 1. The molecule has 200 valence electrons. The molecule has 2 heterocycles. The first kappa shape index (κ1) is 27.7. The van der Waals surface area contributed by atoms with Crippen molar-refractivity contribution in [3.05, 3.63) is 0 Å². The third-order valence-corrected chi connectivity index (χ3v) is 7.67. The third kappa shape index (κ3) is 5.76. The summed E-state index contributed by atoms with van der Waals surface area (Å²) in [4.78, 5) is 52.1. The number of amides is 4. The highest BCUT2D eigenvalue weighted by Gasteiger charge is 2.53. The monoisotopic (exact) mass is 513 g/mol. The van der Waals surface area contributed by atoms with Crippen molar-refractivity contribution in [2.75, 3.05) is 13.1 Å². The topological polar surface area (TPSA) is 131 Å². The summed E-state index contributed by atoms with van der Waals surface area (Å²) in [5.41, 5.74) is -1.06. The molecular formula is C24H34F3N5O4. The van der Waals surface area contributed by atoms with E-state index in [1.807, 2.05) is 18.3 Å². The maximum absolute atomic E-state index is 13.6. The Morgan fingerprint density at radius 2 is 1.86 bits per heavy atom. The van der Waals surface area contributed by atoms with Crippen LogP contribution in [-0.4, -0.2) is 65.9 Å². The Morgan fingerprint density at radius 1 is 1.19 bits per heavy atom. The second-order valence-corrected chi connectivity index (χ2v) is 11.3. The number of fused-ring (bicyclic) bond motifs is 1. The van der Waals surface area contributed by atoms with Gasteiger partial charge in [-0.2, -0.15) is 18.4 Å². The van der Waals surface area contributed by atoms with E-state index < -0.39 is 53.4 Å². The lowest BCUT2D eigenvalue weighted by atomic mass is 9.85. The molecule has 3 rings (SSSR count). The van der Waals surface area contributed by atoms with Crippen molar-refractivity contribution in [2.45, 2.75) is 77.7 Å². The van der Waals surface area contributed by atoms with Crippen LogP contribution in [0.3, 0.4) is 0 Å². The smallest absolute Gasteiger partial charge is 0.356 e. The highest BCUT2D eigenvalue weighted by Crippen LogP contribution is 2.43. The molecular weight excluding hydrogens is 479 g/mol.